The molecule has 0 spiro atoms. The number of carbonyl (C=O) groups excluding carboxylic acids is 1. The van der Waals surface area contributed by atoms with E-state index in [2.05, 4.69) is 12.1 Å². The smallest absolute Gasteiger partial charge is 0.269 e. The van der Waals surface area contributed by atoms with Gasteiger partial charge in [-0.3, -0.25) is 4.79 Å². The third-order valence-electron chi connectivity index (χ3n) is 4.42. The highest BCUT2D eigenvalue weighted by molar-refractivity contribution is 6.05. The van der Waals surface area contributed by atoms with Crippen LogP contribution in [0.4, 0.5) is 4.39 Å². The summed E-state index contributed by atoms with van der Waals surface area (Å²) in [4.78, 5) is 20.1. The summed E-state index contributed by atoms with van der Waals surface area (Å²) >= 11 is 0. The number of piperidine rings is 1. The van der Waals surface area contributed by atoms with E-state index in [0.29, 0.717) is 23.6 Å². The highest BCUT2D eigenvalue weighted by Gasteiger charge is 2.45. The summed E-state index contributed by atoms with van der Waals surface area (Å²) in [5, 5.41) is 4.04. The Bertz CT molecular complexity index is 616. The number of hydrogen-bond acceptors (Lipinski definition) is 3. The highest BCUT2D eigenvalue weighted by atomic mass is 19.1. The van der Waals surface area contributed by atoms with Gasteiger partial charge in [-0.2, -0.15) is 0 Å². The molecule has 0 N–H and O–H groups in total. The Morgan fingerprint density at radius 2 is 2.32 bits per heavy atom. The van der Waals surface area contributed by atoms with Gasteiger partial charge in [0.15, 0.2) is 0 Å². The van der Waals surface area contributed by atoms with Gasteiger partial charge in [-0.25, -0.2) is 4.39 Å². The molecule has 2 atom stereocenters. The van der Waals surface area contributed by atoms with Crippen LogP contribution < -0.4 is 0 Å². The maximum absolute atomic E-state index is 13.3. The second-order valence-corrected chi connectivity index (χ2v) is 6.55. The van der Waals surface area contributed by atoms with Crippen LogP contribution in [0.15, 0.2) is 29.4 Å². The Morgan fingerprint density at radius 1 is 1.50 bits per heavy atom. The lowest BCUT2D eigenvalue weighted by Gasteiger charge is -2.35. The molecule has 1 aromatic carbocycles. The number of rotatable bonds is 2. The molecular formula is C17H21FN2O2. The Kier molecular flexibility index (Phi) is 3.89. The molecule has 2 aliphatic rings. The zero-order valence-electron chi connectivity index (χ0n) is 13.0. The van der Waals surface area contributed by atoms with Crippen LogP contribution in [0.1, 0.15) is 38.7 Å². The van der Waals surface area contributed by atoms with Crippen molar-refractivity contribution in [2.45, 2.75) is 38.7 Å². The molecule has 1 saturated heterocycles. The molecule has 0 unspecified atom stereocenters. The van der Waals surface area contributed by atoms with Crippen LogP contribution in [-0.4, -0.2) is 35.2 Å². The van der Waals surface area contributed by atoms with E-state index < -0.39 is 5.60 Å². The Hall–Kier alpha value is -1.91. The first-order chi connectivity index (χ1) is 10.5. The van der Waals surface area contributed by atoms with Gasteiger partial charge >= 0.3 is 0 Å². The largest absolute Gasteiger partial charge is 0.379 e. The number of benzene rings is 1. The van der Waals surface area contributed by atoms with Crippen LogP contribution >= 0.6 is 0 Å². The van der Waals surface area contributed by atoms with Crippen LogP contribution in [-0.2, 0) is 9.63 Å². The number of nitrogens with zero attached hydrogens (tertiary/aromatic N) is 2. The van der Waals surface area contributed by atoms with Gasteiger partial charge in [0.25, 0.3) is 5.91 Å². The van der Waals surface area contributed by atoms with Crippen molar-refractivity contribution in [2.24, 2.45) is 11.1 Å². The summed E-state index contributed by atoms with van der Waals surface area (Å²) in [5.74, 6) is 0.186. The molecule has 1 fully saturated rings. The summed E-state index contributed by atoms with van der Waals surface area (Å²) in [6.45, 7) is 5.47. The van der Waals surface area contributed by atoms with E-state index in [1.165, 1.54) is 12.1 Å². The van der Waals surface area contributed by atoms with Gasteiger partial charge in [0.2, 0.25) is 5.60 Å². The third kappa shape index (κ3) is 2.85. The van der Waals surface area contributed by atoms with Crippen molar-refractivity contribution < 1.29 is 14.0 Å². The van der Waals surface area contributed by atoms with Gasteiger partial charge in [0.1, 0.15) is 5.82 Å². The molecule has 4 nitrogen and oxygen atoms in total. The van der Waals surface area contributed by atoms with Crippen LogP contribution in [0.25, 0.3) is 0 Å². The van der Waals surface area contributed by atoms with E-state index in [9.17, 15) is 9.18 Å². The molecule has 1 aromatic rings. The number of hydrogen-bond donors (Lipinski definition) is 0. The predicted octanol–water partition coefficient (Wildman–Crippen LogP) is 2.97. The van der Waals surface area contributed by atoms with Crippen LogP contribution in [0, 0.1) is 11.7 Å². The molecule has 118 valence electrons. The summed E-state index contributed by atoms with van der Waals surface area (Å²) in [5.41, 5.74) is 0.322. The van der Waals surface area contributed by atoms with Gasteiger partial charge in [-0.05, 0) is 37.8 Å². The summed E-state index contributed by atoms with van der Waals surface area (Å²) < 4.78 is 13.3. The maximum atomic E-state index is 13.3. The van der Waals surface area contributed by atoms with Crippen LogP contribution in [0.2, 0.25) is 0 Å². The first kappa shape index (κ1) is 15.0. The number of amides is 1. The molecule has 5 heteroatoms. The molecule has 0 aromatic heterocycles. The van der Waals surface area contributed by atoms with Gasteiger partial charge in [-0.1, -0.05) is 24.2 Å². The average molecular weight is 304 g/mol. The minimum Gasteiger partial charge on any atom is -0.379 e. The topological polar surface area (TPSA) is 41.9 Å². The van der Waals surface area contributed by atoms with E-state index in [1.54, 1.807) is 19.1 Å². The SMILES string of the molecule is C[C@H]1CCCN(C(=O)[C@]2(C)CC(c3cccc(F)c3)=NO2)C1. The van der Waals surface area contributed by atoms with Gasteiger partial charge in [0.05, 0.1) is 5.71 Å². The normalized spacial score (nSPS) is 28.2. The van der Waals surface area contributed by atoms with E-state index >= 15 is 0 Å². The zero-order valence-corrected chi connectivity index (χ0v) is 13.0. The third-order valence-corrected chi connectivity index (χ3v) is 4.42. The minimum atomic E-state index is -0.974. The highest BCUT2D eigenvalue weighted by Crippen LogP contribution is 2.30. The predicted molar refractivity (Wildman–Crippen MR) is 82.0 cm³/mol. The number of likely N-dealkylation sites (tertiary alicyclic amines) is 1. The molecule has 3 rings (SSSR count). The zero-order chi connectivity index (χ0) is 15.7. The van der Waals surface area contributed by atoms with Crippen molar-refractivity contribution >= 4 is 11.6 Å². The quantitative estimate of drug-likeness (QED) is 0.843. The second-order valence-electron chi connectivity index (χ2n) is 6.55. The number of oxime groups is 1. The van der Waals surface area contributed by atoms with E-state index in [-0.39, 0.29) is 11.7 Å². The summed E-state index contributed by atoms with van der Waals surface area (Å²) in [7, 11) is 0. The standard InChI is InChI=1S/C17H21FN2O2/c1-12-5-4-8-20(11-12)16(21)17(2)10-15(19-22-17)13-6-3-7-14(18)9-13/h3,6-7,9,12H,4-5,8,10-11H2,1-2H3/t12-,17-/m0/s1. The molecule has 22 heavy (non-hydrogen) atoms. The van der Waals surface area contributed by atoms with Crippen molar-refractivity contribution in [1.82, 2.24) is 4.90 Å². The lowest BCUT2D eigenvalue weighted by atomic mass is 9.92. The van der Waals surface area contributed by atoms with Crippen molar-refractivity contribution in [3.05, 3.63) is 35.6 Å². The fraction of sp³-hybridized carbons (Fsp3) is 0.529. The molecule has 2 heterocycles. The second kappa shape index (κ2) is 5.71. The lowest BCUT2D eigenvalue weighted by Crippen LogP contribution is -2.50. The molecule has 1 amide bonds. The summed E-state index contributed by atoms with van der Waals surface area (Å²) in [6, 6.07) is 6.22. The molecule has 0 saturated carbocycles. The molecule has 2 aliphatic heterocycles. The molecule has 0 bridgehead atoms. The van der Waals surface area contributed by atoms with Crippen LogP contribution in [0.5, 0.6) is 0 Å². The first-order valence-corrected chi connectivity index (χ1v) is 7.78. The lowest BCUT2D eigenvalue weighted by molar-refractivity contribution is -0.155. The Balaban J connectivity index is 1.72. The van der Waals surface area contributed by atoms with Gasteiger partial charge < -0.3 is 9.74 Å². The average Bonchev–Trinajstić information content (AvgIpc) is 2.90. The monoisotopic (exact) mass is 304 g/mol. The molecule has 0 aliphatic carbocycles. The fourth-order valence-corrected chi connectivity index (χ4v) is 3.19. The fourth-order valence-electron chi connectivity index (χ4n) is 3.19. The molecular weight excluding hydrogens is 283 g/mol. The van der Waals surface area contributed by atoms with Crippen molar-refractivity contribution in [2.75, 3.05) is 13.1 Å². The first-order valence-electron chi connectivity index (χ1n) is 7.78. The van der Waals surface area contributed by atoms with Gasteiger partial charge in [0, 0.05) is 25.1 Å². The van der Waals surface area contributed by atoms with Crippen molar-refractivity contribution in [3.63, 3.8) is 0 Å². The van der Waals surface area contributed by atoms with Crippen molar-refractivity contribution in [1.29, 1.82) is 0 Å². The van der Waals surface area contributed by atoms with Crippen molar-refractivity contribution in [3.8, 4) is 0 Å². The summed E-state index contributed by atoms with van der Waals surface area (Å²) in [6.07, 6.45) is 2.56. The molecule has 0 radical (unpaired) electrons. The van der Waals surface area contributed by atoms with E-state index in [1.807, 2.05) is 4.90 Å². The number of carbonyl (C=O) groups is 1. The Morgan fingerprint density at radius 3 is 3.05 bits per heavy atom. The number of halogens is 1. The van der Waals surface area contributed by atoms with E-state index in [4.69, 9.17) is 4.84 Å². The van der Waals surface area contributed by atoms with Crippen LogP contribution in [0.3, 0.4) is 0 Å². The van der Waals surface area contributed by atoms with E-state index in [0.717, 1.165) is 25.9 Å². The maximum Gasteiger partial charge on any atom is 0.269 e. The Labute approximate surface area is 129 Å². The minimum absolute atomic E-state index is 0.0193. The van der Waals surface area contributed by atoms with Gasteiger partial charge in [-0.15, -0.1) is 0 Å².